The van der Waals surface area contributed by atoms with Crippen molar-refractivity contribution in [1.29, 1.82) is 0 Å². The summed E-state index contributed by atoms with van der Waals surface area (Å²) in [6, 6.07) is 6.09. The van der Waals surface area contributed by atoms with Crippen LogP contribution < -0.4 is 10.5 Å². The molecular weight excluding hydrogens is 437 g/mol. The second-order valence-electron chi connectivity index (χ2n) is 4.04. The van der Waals surface area contributed by atoms with Crippen LogP contribution in [0.3, 0.4) is 0 Å². The van der Waals surface area contributed by atoms with E-state index in [1.807, 2.05) is 22.6 Å². The molecule has 2 aromatic carbocycles. The Bertz CT molecular complexity index is 815. The Hall–Kier alpha value is -1.13. The van der Waals surface area contributed by atoms with Crippen LogP contribution >= 0.6 is 34.2 Å². The molecule has 0 aliphatic heterocycles. The third-order valence-electron chi connectivity index (χ3n) is 2.48. The highest BCUT2D eigenvalue weighted by atomic mass is 127. The quantitative estimate of drug-likeness (QED) is 0.561. The van der Waals surface area contributed by atoms with E-state index >= 15 is 0 Å². The molecule has 2 rings (SSSR count). The molecule has 0 aliphatic rings. The number of anilines is 2. The summed E-state index contributed by atoms with van der Waals surface area (Å²) in [6.45, 7) is 0. The first kappa shape index (κ1) is 16.2. The number of halogens is 4. The first-order chi connectivity index (χ1) is 9.70. The summed E-state index contributed by atoms with van der Waals surface area (Å²) in [6.07, 6.45) is 0. The highest BCUT2D eigenvalue weighted by molar-refractivity contribution is 14.1. The lowest BCUT2D eigenvalue weighted by Gasteiger charge is -2.11. The fraction of sp³-hybridized carbons (Fsp3) is 0. The van der Waals surface area contributed by atoms with Crippen LogP contribution in [-0.2, 0) is 10.0 Å². The SMILES string of the molecule is Nc1cc(F)c(F)c(S(=O)(=O)Nc2ccc(I)cc2Cl)c1. The topological polar surface area (TPSA) is 72.2 Å². The number of sulfonamides is 1. The number of nitrogen functional groups attached to an aromatic ring is 1. The number of hydrogen-bond acceptors (Lipinski definition) is 3. The molecule has 4 nitrogen and oxygen atoms in total. The van der Waals surface area contributed by atoms with Crippen LogP contribution in [0.2, 0.25) is 5.02 Å². The molecule has 3 N–H and O–H groups in total. The van der Waals surface area contributed by atoms with Crippen molar-refractivity contribution in [2.45, 2.75) is 4.90 Å². The van der Waals surface area contributed by atoms with Crippen molar-refractivity contribution in [3.8, 4) is 0 Å². The summed E-state index contributed by atoms with van der Waals surface area (Å²) >= 11 is 7.90. The van der Waals surface area contributed by atoms with Crippen LogP contribution in [0.1, 0.15) is 0 Å². The second kappa shape index (κ2) is 5.93. The fourth-order valence-electron chi connectivity index (χ4n) is 1.55. The number of benzene rings is 2. The molecule has 0 aliphatic carbocycles. The maximum atomic E-state index is 13.7. The molecule has 9 heteroatoms. The molecule has 0 saturated carbocycles. The summed E-state index contributed by atoms with van der Waals surface area (Å²) in [5.41, 5.74) is 5.19. The van der Waals surface area contributed by atoms with Crippen LogP contribution in [0.15, 0.2) is 35.2 Å². The lowest BCUT2D eigenvalue weighted by Crippen LogP contribution is -2.16. The van der Waals surface area contributed by atoms with Crippen LogP contribution in [0.5, 0.6) is 0 Å². The van der Waals surface area contributed by atoms with Crippen molar-refractivity contribution >= 4 is 55.6 Å². The molecule has 0 fully saturated rings. The molecule has 0 atom stereocenters. The summed E-state index contributed by atoms with van der Waals surface area (Å²) < 4.78 is 54.1. The minimum absolute atomic E-state index is 0.0549. The van der Waals surface area contributed by atoms with Crippen molar-refractivity contribution in [2.75, 3.05) is 10.5 Å². The average Bonchev–Trinajstić information content (AvgIpc) is 2.37. The predicted molar refractivity (Wildman–Crippen MR) is 85.7 cm³/mol. The van der Waals surface area contributed by atoms with Crippen LogP contribution in [-0.4, -0.2) is 8.42 Å². The Labute approximate surface area is 138 Å². The summed E-state index contributed by atoms with van der Waals surface area (Å²) in [7, 11) is -4.36. The summed E-state index contributed by atoms with van der Waals surface area (Å²) in [4.78, 5) is -0.880. The van der Waals surface area contributed by atoms with E-state index in [-0.39, 0.29) is 16.4 Å². The van der Waals surface area contributed by atoms with Gasteiger partial charge in [-0.25, -0.2) is 17.2 Å². The third-order valence-corrected chi connectivity index (χ3v) is 4.83. The largest absolute Gasteiger partial charge is 0.399 e. The molecule has 0 bridgehead atoms. The van der Waals surface area contributed by atoms with Crippen molar-refractivity contribution in [3.63, 3.8) is 0 Å². The molecule has 0 spiro atoms. The standard InChI is InChI=1S/C12H8ClF2IN2O2S/c13-8-3-6(16)1-2-10(8)18-21(19,20)11-5-7(17)4-9(14)12(11)15/h1-5,18H,17H2. The van der Waals surface area contributed by atoms with Gasteiger partial charge in [-0.1, -0.05) is 11.6 Å². The predicted octanol–water partition coefficient (Wildman–Crippen LogP) is 3.61. The van der Waals surface area contributed by atoms with E-state index < -0.39 is 26.6 Å². The van der Waals surface area contributed by atoms with Gasteiger partial charge in [0.2, 0.25) is 0 Å². The second-order valence-corrected chi connectivity index (χ2v) is 7.35. The lowest BCUT2D eigenvalue weighted by molar-refractivity contribution is 0.486. The maximum Gasteiger partial charge on any atom is 0.265 e. The molecule has 0 amide bonds. The number of nitrogens with one attached hydrogen (secondary N) is 1. The van der Waals surface area contributed by atoms with Gasteiger partial charge >= 0.3 is 0 Å². The number of hydrogen-bond donors (Lipinski definition) is 2. The summed E-state index contributed by atoms with van der Waals surface area (Å²) in [5, 5.41) is 0.134. The van der Waals surface area contributed by atoms with Gasteiger partial charge in [-0.05, 0) is 52.9 Å². The Kier molecular flexibility index (Phi) is 4.59. The Morgan fingerprint density at radius 3 is 2.48 bits per heavy atom. The van der Waals surface area contributed by atoms with Crippen molar-refractivity contribution < 1.29 is 17.2 Å². The molecule has 0 radical (unpaired) electrons. The van der Waals surface area contributed by atoms with E-state index in [0.29, 0.717) is 6.07 Å². The Morgan fingerprint density at radius 2 is 1.86 bits per heavy atom. The average molecular weight is 445 g/mol. The van der Waals surface area contributed by atoms with E-state index in [1.165, 1.54) is 12.1 Å². The zero-order valence-electron chi connectivity index (χ0n) is 10.2. The lowest BCUT2D eigenvalue weighted by atomic mass is 10.3. The van der Waals surface area contributed by atoms with Gasteiger partial charge < -0.3 is 5.73 Å². The van der Waals surface area contributed by atoms with E-state index in [1.54, 1.807) is 6.07 Å². The molecule has 21 heavy (non-hydrogen) atoms. The number of nitrogens with two attached hydrogens (primary N) is 1. The first-order valence-electron chi connectivity index (χ1n) is 5.43. The molecule has 0 saturated heterocycles. The first-order valence-corrected chi connectivity index (χ1v) is 8.37. The number of rotatable bonds is 3. The Balaban J connectivity index is 2.48. The monoisotopic (exact) mass is 444 g/mol. The van der Waals surface area contributed by atoms with Gasteiger partial charge in [-0.3, -0.25) is 4.72 Å². The van der Waals surface area contributed by atoms with E-state index in [9.17, 15) is 17.2 Å². The van der Waals surface area contributed by atoms with Gasteiger partial charge in [0.25, 0.3) is 10.0 Å². The molecule has 112 valence electrons. The maximum absolute atomic E-state index is 13.7. The minimum atomic E-state index is -4.36. The van der Waals surface area contributed by atoms with Gasteiger partial charge in [0.15, 0.2) is 11.6 Å². The summed E-state index contributed by atoms with van der Waals surface area (Å²) in [5.74, 6) is -2.84. The van der Waals surface area contributed by atoms with Crippen molar-refractivity contribution in [1.82, 2.24) is 0 Å². The molecule has 0 heterocycles. The van der Waals surface area contributed by atoms with Gasteiger partial charge in [0.05, 0.1) is 10.7 Å². The molecular formula is C12H8ClF2IN2O2S. The highest BCUT2D eigenvalue weighted by Crippen LogP contribution is 2.28. The van der Waals surface area contributed by atoms with E-state index in [0.717, 1.165) is 9.64 Å². The van der Waals surface area contributed by atoms with Crippen LogP contribution in [0.4, 0.5) is 20.2 Å². The van der Waals surface area contributed by atoms with Gasteiger partial charge in [-0.2, -0.15) is 0 Å². The van der Waals surface area contributed by atoms with E-state index in [2.05, 4.69) is 4.72 Å². The van der Waals surface area contributed by atoms with Crippen molar-refractivity contribution in [3.05, 3.63) is 50.6 Å². The Morgan fingerprint density at radius 1 is 1.19 bits per heavy atom. The molecule has 2 aromatic rings. The zero-order valence-corrected chi connectivity index (χ0v) is 13.9. The highest BCUT2D eigenvalue weighted by Gasteiger charge is 2.23. The molecule has 0 aromatic heterocycles. The third kappa shape index (κ3) is 3.55. The molecule has 0 unspecified atom stereocenters. The van der Waals surface area contributed by atoms with Crippen LogP contribution in [0.25, 0.3) is 0 Å². The van der Waals surface area contributed by atoms with Gasteiger partial charge in [0, 0.05) is 9.26 Å². The zero-order chi connectivity index (χ0) is 15.8. The normalized spacial score (nSPS) is 11.4. The van der Waals surface area contributed by atoms with Crippen molar-refractivity contribution in [2.24, 2.45) is 0 Å². The smallest absolute Gasteiger partial charge is 0.265 e. The van der Waals surface area contributed by atoms with Crippen LogP contribution in [0, 0.1) is 15.2 Å². The fourth-order valence-corrected chi connectivity index (χ4v) is 3.71. The minimum Gasteiger partial charge on any atom is -0.399 e. The van der Waals surface area contributed by atoms with E-state index in [4.69, 9.17) is 17.3 Å². The van der Waals surface area contributed by atoms with Gasteiger partial charge in [0.1, 0.15) is 4.90 Å². The van der Waals surface area contributed by atoms with Gasteiger partial charge in [-0.15, -0.1) is 0 Å².